The number of hydrogen-bond acceptors (Lipinski definition) is 7. The van der Waals surface area contributed by atoms with Crippen LogP contribution >= 0.6 is 0 Å². The van der Waals surface area contributed by atoms with E-state index in [1.165, 1.54) is 0 Å². The third-order valence-corrected chi connectivity index (χ3v) is 8.89. The molecule has 0 saturated carbocycles. The standard InChI is InChI=1S/C34H46N6O3/c1-6-29-18-27(9-14-43-29)38-32-17-26(25-7-8-28(35-19-25)21-40-12-10-39(5)11-13-40)16-30(24(32)4)33(41)36-20-31-22(2)15-23(3)37-34(31)42/h7-8,15-17,19,27,29,38H,6,9-14,18,20-21H2,1-5H3,(H,36,41)(H,37,42). The zero-order valence-electron chi connectivity index (χ0n) is 26.3. The van der Waals surface area contributed by atoms with Crippen LogP contribution in [0, 0.1) is 20.8 Å². The summed E-state index contributed by atoms with van der Waals surface area (Å²) >= 11 is 0. The maximum Gasteiger partial charge on any atom is 0.253 e. The van der Waals surface area contributed by atoms with Gasteiger partial charge in [-0.2, -0.15) is 0 Å². The van der Waals surface area contributed by atoms with Gasteiger partial charge in [-0.05, 0) is 88.0 Å². The molecule has 3 N–H and O–H groups in total. The highest BCUT2D eigenvalue weighted by atomic mass is 16.5. The number of aromatic amines is 1. The number of piperazine rings is 1. The van der Waals surface area contributed by atoms with Crippen molar-refractivity contribution in [2.24, 2.45) is 0 Å². The number of rotatable bonds is 9. The molecule has 5 rings (SSSR count). The van der Waals surface area contributed by atoms with E-state index in [9.17, 15) is 9.59 Å². The number of amides is 1. The van der Waals surface area contributed by atoms with Crippen molar-refractivity contribution in [1.29, 1.82) is 0 Å². The minimum absolute atomic E-state index is 0.160. The van der Waals surface area contributed by atoms with Gasteiger partial charge in [-0.15, -0.1) is 0 Å². The van der Waals surface area contributed by atoms with Gasteiger partial charge in [0, 0.05) is 86.2 Å². The summed E-state index contributed by atoms with van der Waals surface area (Å²) in [5.74, 6) is -0.208. The summed E-state index contributed by atoms with van der Waals surface area (Å²) in [5, 5.41) is 6.75. The number of likely N-dealkylation sites (N-methyl/N-ethyl adjacent to an activating group) is 1. The number of carbonyl (C=O) groups is 1. The van der Waals surface area contributed by atoms with Gasteiger partial charge >= 0.3 is 0 Å². The van der Waals surface area contributed by atoms with E-state index in [4.69, 9.17) is 9.72 Å². The Balaban J connectivity index is 1.40. The predicted molar refractivity (Wildman–Crippen MR) is 172 cm³/mol. The zero-order chi connectivity index (χ0) is 30.5. The number of hydrogen-bond donors (Lipinski definition) is 3. The highest BCUT2D eigenvalue weighted by molar-refractivity contribution is 5.98. The Kier molecular flexibility index (Phi) is 9.95. The van der Waals surface area contributed by atoms with Crippen molar-refractivity contribution in [3.05, 3.63) is 80.5 Å². The molecular formula is C34H46N6O3. The van der Waals surface area contributed by atoms with Crippen LogP contribution in [0.25, 0.3) is 11.1 Å². The van der Waals surface area contributed by atoms with E-state index in [0.717, 1.165) is 97.9 Å². The molecule has 2 saturated heterocycles. The van der Waals surface area contributed by atoms with E-state index in [-0.39, 0.29) is 30.2 Å². The van der Waals surface area contributed by atoms with Gasteiger partial charge in [-0.1, -0.05) is 13.0 Å². The predicted octanol–water partition coefficient (Wildman–Crippen LogP) is 4.41. The molecule has 2 atom stereocenters. The molecule has 0 radical (unpaired) electrons. The molecule has 2 unspecified atom stereocenters. The van der Waals surface area contributed by atoms with E-state index in [1.54, 1.807) is 0 Å². The second-order valence-corrected chi connectivity index (χ2v) is 12.2. The Bertz CT molecular complexity index is 1480. The number of pyridine rings is 2. The fourth-order valence-corrected chi connectivity index (χ4v) is 6.07. The van der Waals surface area contributed by atoms with Crippen molar-refractivity contribution < 1.29 is 9.53 Å². The quantitative estimate of drug-likeness (QED) is 0.341. The Labute approximate surface area is 255 Å². The van der Waals surface area contributed by atoms with Gasteiger partial charge in [0.25, 0.3) is 11.5 Å². The molecule has 9 nitrogen and oxygen atoms in total. The van der Waals surface area contributed by atoms with Gasteiger partial charge in [0.1, 0.15) is 0 Å². The summed E-state index contributed by atoms with van der Waals surface area (Å²) in [6.07, 6.45) is 4.98. The van der Waals surface area contributed by atoms with Crippen LogP contribution in [0.5, 0.6) is 0 Å². The molecule has 4 heterocycles. The van der Waals surface area contributed by atoms with Crippen molar-refractivity contribution >= 4 is 11.6 Å². The highest BCUT2D eigenvalue weighted by Gasteiger charge is 2.23. The number of ether oxygens (including phenoxy) is 1. The van der Waals surface area contributed by atoms with Crippen LogP contribution in [0.4, 0.5) is 5.69 Å². The molecule has 0 spiro atoms. The molecule has 2 aliphatic heterocycles. The third-order valence-electron chi connectivity index (χ3n) is 8.89. The first-order chi connectivity index (χ1) is 20.7. The Morgan fingerprint density at radius 3 is 2.58 bits per heavy atom. The van der Waals surface area contributed by atoms with Crippen LogP contribution in [0.1, 0.15) is 64.6 Å². The molecule has 0 aliphatic carbocycles. The van der Waals surface area contributed by atoms with Crippen molar-refractivity contribution in [2.45, 2.75) is 72.2 Å². The van der Waals surface area contributed by atoms with E-state index >= 15 is 0 Å². The molecule has 0 bridgehead atoms. The number of nitrogens with one attached hydrogen (secondary N) is 3. The third kappa shape index (κ3) is 7.71. The normalized spacial score (nSPS) is 19.7. The number of carbonyl (C=O) groups excluding carboxylic acids is 1. The lowest BCUT2D eigenvalue weighted by Crippen LogP contribution is -2.43. The summed E-state index contributed by atoms with van der Waals surface area (Å²) in [6, 6.07) is 10.5. The molecule has 3 aromatic rings. The lowest BCUT2D eigenvalue weighted by molar-refractivity contribution is 0.00924. The maximum absolute atomic E-state index is 13.7. The first-order valence-corrected chi connectivity index (χ1v) is 15.6. The summed E-state index contributed by atoms with van der Waals surface area (Å²) in [7, 11) is 2.16. The molecule has 2 aliphatic rings. The van der Waals surface area contributed by atoms with Gasteiger partial charge < -0.3 is 25.3 Å². The molecule has 1 aromatic carbocycles. The van der Waals surface area contributed by atoms with Crippen LogP contribution in [0.3, 0.4) is 0 Å². The topological polar surface area (TPSA) is 103 Å². The first-order valence-electron chi connectivity index (χ1n) is 15.6. The van der Waals surface area contributed by atoms with Crippen LogP contribution in [0.15, 0.2) is 41.3 Å². The maximum atomic E-state index is 13.7. The van der Waals surface area contributed by atoms with Crippen LogP contribution in [-0.4, -0.2) is 77.7 Å². The lowest BCUT2D eigenvalue weighted by Gasteiger charge is -2.32. The highest BCUT2D eigenvalue weighted by Crippen LogP contribution is 2.31. The Hall–Kier alpha value is -3.53. The van der Waals surface area contributed by atoms with Gasteiger partial charge in [-0.25, -0.2) is 0 Å². The molecule has 1 amide bonds. The Morgan fingerprint density at radius 2 is 1.88 bits per heavy atom. The SMILES string of the molecule is CCC1CC(Nc2cc(-c3ccc(CN4CCN(C)CC4)nc3)cc(C(=O)NCc3c(C)cc(C)[nH]c3=O)c2C)CCO1. The van der Waals surface area contributed by atoms with Crippen LogP contribution < -0.4 is 16.2 Å². The van der Waals surface area contributed by atoms with Crippen molar-refractivity contribution in [2.75, 3.05) is 45.2 Å². The Morgan fingerprint density at radius 1 is 1.09 bits per heavy atom. The summed E-state index contributed by atoms with van der Waals surface area (Å²) in [5.41, 5.74) is 7.41. The lowest BCUT2D eigenvalue weighted by atomic mass is 9.96. The minimum Gasteiger partial charge on any atom is -0.382 e. The summed E-state index contributed by atoms with van der Waals surface area (Å²) in [4.78, 5) is 38.7. The number of anilines is 1. The van der Waals surface area contributed by atoms with Gasteiger partial charge in [0.2, 0.25) is 0 Å². The number of aromatic nitrogens is 2. The van der Waals surface area contributed by atoms with Crippen LogP contribution in [0.2, 0.25) is 0 Å². The number of aryl methyl sites for hydroxylation is 2. The zero-order valence-corrected chi connectivity index (χ0v) is 26.3. The van der Waals surface area contributed by atoms with Crippen molar-refractivity contribution in [3.8, 4) is 11.1 Å². The molecule has 2 fully saturated rings. The van der Waals surface area contributed by atoms with E-state index in [1.807, 2.05) is 39.1 Å². The van der Waals surface area contributed by atoms with Crippen molar-refractivity contribution in [3.63, 3.8) is 0 Å². The second kappa shape index (κ2) is 13.8. The monoisotopic (exact) mass is 586 g/mol. The van der Waals surface area contributed by atoms with E-state index in [0.29, 0.717) is 11.1 Å². The van der Waals surface area contributed by atoms with Gasteiger partial charge in [0.05, 0.1) is 11.8 Å². The fraction of sp³-hybridized carbons (Fsp3) is 0.500. The molecule has 43 heavy (non-hydrogen) atoms. The molecule has 2 aromatic heterocycles. The average molecular weight is 587 g/mol. The number of nitrogens with zero attached hydrogens (tertiary/aromatic N) is 3. The summed E-state index contributed by atoms with van der Waals surface area (Å²) < 4.78 is 5.91. The van der Waals surface area contributed by atoms with Gasteiger partial charge in [0.15, 0.2) is 0 Å². The minimum atomic E-state index is -0.208. The number of benzene rings is 1. The van der Waals surface area contributed by atoms with Gasteiger partial charge in [-0.3, -0.25) is 19.5 Å². The van der Waals surface area contributed by atoms with Crippen molar-refractivity contribution in [1.82, 2.24) is 25.1 Å². The van der Waals surface area contributed by atoms with E-state index < -0.39 is 0 Å². The largest absolute Gasteiger partial charge is 0.382 e. The fourth-order valence-electron chi connectivity index (χ4n) is 6.07. The first kappa shape index (κ1) is 30.9. The molecule has 230 valence electrons. The molecule has 9 heteroatoms. The average Bonchev–Trinajstić information content (AvgIpc) is 2.99. The molecular weight excluding hydrogens is 540 g/mol. The summed E-state index contributed by atoms with van der Waals surface area (Å²) in [6.45, 7) is 13.9. The van der Waals surface area contributed by atoms with Crippen LogP contribution in [-0.2, 0) is 17.8 Å². The van der Waals surface area contributed by atoms with E-state index in [2.05, 4.69) is 57.6 Å². The number of H-pyrrole nitrogens is 1. The second-order valence-electron chi connectivity index (χ2n) is 12.2. The smallest absolute Gasteiger partial charge is 0.253 e.